The molecular formula is C17H20N4O. The summed E-state index contributed by atoms with van der Waals surface area (Å²) in [7, 11) is 0. The van der Waals surface area contributed by atoms with E-state index < -0.39 is 0 Å². The van der Waals surface area contributed by atoms with Crippen molar-refractivity contribution in [2.75, 3.05) is 0 Å². The summed E-state index contributed by atoms with van der Waals surface area (Å²) in [5, 5.41) is 4.64. The number of hydrogen-bond acceptors (Lipinski definition) is 3. The van der Waals surface area contributed by atoms with Gasteiger partial charge in [0.2, 0.25) is 0 Å². The minimum atomic E-state index is -0.132. The normalized spacial score (nSPS) is 12.7. The van der Waals surface area contributed by atoms with Gasteiger partial charge in [-0.15, -0.1) is 5.10 Å². The Kier molecular flexibility index (Phi) is 3.79. The first-order valence-corrected chi connectivity index (χ1v) is 7.72. The van der Waals surface area contributed by atoms with Gasteiger partial charge in [0.15, 0.2) is 11.3 Å². The molecule has 1 unspecified atom stereocenters. The van der Waals surface area contributed by atoms with Gasteiger partial charge < -0.3 is 4.98 Å². The third kappa shape index (κ3) is 2.32. The lowest BCUT2D eigenvalue weighted by Gasteiger charge is -2.07. The molecule has 0 saturated heterocycles. The predicted molar refractivity (Wildman–Crippen MR) is 87.1 cm³/mol. The van der Waals surface area contributed by atoms with Gasteiger partial charge in [0.05, 0.1) is 5.69 Å². The summed E-state index contributed by atoms with van der Waals surface area (Å²) in [6.45, 7) is 6.23. The van der Waals surface area contributed by atoms with E-state index in [4.69, 9.17) is 0 Å². The molecule has 2 aromatic heterocycles. The Labute approximate surface area is 129 Å². The van der Waals surface area contributed by atoms with Crippen molar-refractivity contribution in [3.8, 4) is 11.4 Å². The number of rotatable bonds is 4. The van der Waals surface area contributed by atoms with Crippen LogP contribution in [-0.2, 0) is 6.42 Å². The van der Waals surface area contributed by atoms with Gasteiger partial charge in [-0.25, -0.2) is 9.50 Å². The van der Waals surface area contributed by atoms with E-state index in [1.807, 2.05) is 37.3 Å². The van der Waals surface area contributed by atoms with Crippen LogP contribution >= 0.6 is 0 Å². The van der Waals surface area contributed by atoms with Crippen LogP contribution < -0.4 is 5.56 Å². The summed E-state index contributed by atoms with van der Waals surface area (Å²) < 4.78 is 1.73. The van der Waals surface area contributed by atoms with E-state index in [1.54, 1.807) is 4.52 Å². The Morgan fingerprint density at radius 3 is 2.59 bits per heavy atom. The zero-order chi connectivity index (χ0) is 15.7. The maximum Gasteiger partial charge on any atom is 0.277 e. The second-order valence-corrected chi connectivity index (χ2v) is 5.51. The summed E-state index contributed by atoms with van der Waals surface area (Å²) >= 11 is 0. The van der Waals surface area contributed by atoms with Crippen LogP contribution in [0.15, 0.2) is 35.1 Å². The topological polar surface area (TPSA) is 63.1 Å². The highest BCUT2D eigenvalue weighted by atomic mass is 16.1. The highest BCUT2D eigenvalue weighted by molar-refractivity contribution is 5.57. The molecule has 2 heterocycles. The summed E-state index contributed by atoms with van der Waals surface area (Å²) in [6, 6.07) is 9.67. The van der Waals surface area contributed by atoms with Crippen molar-refractivity contribution >= 4 is 5.52 Å². The van der Waals surface area contributed by atoms with Gasteiger partial charge in [0.25, 0.3) is 5.56 Å². The van der Waals surface area contributed by atoms with Crippen LogP contribution in [0, 0.1) is 0 Å². The number of aryl methyl sites for hydroxylation is 1. The van der Waals surface area contributed by atoms with Gasteiger partial charge in [-0.2, -0.15) is 0 Å². The van der Waals surface area contributed by atoms with Crippen molar-refractivity contribution in [2.45, 2.75) is 39.5 Å². The number of imidazole rings is 1. The molecule has 1 aromatic carbocycles. The molecule has 5 nitrogen and oxygen atoms in total. The van der Waals surface area contributed by atoms with E-state index in [2.05, 4.69) is 28.9 Å². The van der Waals surface area contributed by atoms with Crippen LogP contribution in [-0.4, -0.2) is 19.6 Å². The summed E-state index contributed by atoms with van der Waals surface area (Å²) in [5.41, 5.74) is 2.14. The van der Waals surface area contributed by atoms with Crippen molar-refractivity contribution in [1.29, 1.82) is 0 Å². The van der Waals surface area contributed by atoms with Crippen molar-refractivity contribution in [1.82, 2.24) is 19.6 Å². The number of hydrogen-bond donors (Lipinski definition) is 1. The molecule has 0 amide bonds. The molecule has 0 bridgehead atoms. The fourth-order valence-corrected chi connectivity index (χ4v) is 2.57. The maximum absolute atomic E-state index is 12.5. The molecule has 3 rings (SSSR count). The lowest BCUT2D eigenvalue weighted by Crippen LogP contribution is -2.16. The molecule has 0 fully saturated rings. The number of benzene rings is 1. The van der Waals surface area contributed by atoms with Gasteiger partial charge >= 0.3 is 0 Å². The molecule has 114 valence electrons. The first-order chi connectivity index (χ1) is 10.7. The molecule has 0 aliphatic heterocycles. The number of aromatic amines is 1. The van der Waals surface area contributed by atoms with Crippen LogP contribution in [0.2, 0.25) is 0 Å². The van der Waals surface area contributed by atoms with Crippen molar-refractivity contribution in [3.63, 3.8) is 0 Å². The molecule has 0 saturated carbocycles. The van der Waals surface area contributed by atoms with Gasteiger partial charge in [0.1, 0.15) is 5.82 Å². The quantitative estimate of drug-likeness (QED) is 0.804. The molecule has 22 heavy (non-hydrogen) atoms. The third-order valence-corrected chi connectivity index (χ3v) is 4.03. The fraction of sp³-hybridized carbons (Fsp3) is 0.353. The maximum atomic E-state index is 12.5. The van der Waals surface area contributed by atoms with Crippen molar-refractivity contribution < 1.29 is 0 Å². The van der Waals surface area contributed by atoms with Crippen LogP contribution in [0.5, 0.6) is 0 Å². The Morgan fingerprint density at radius 1 is 1.23 bits per heavy atom. The van der Waals surface area contributed by atoms with Crippen LogP contribution in [0.25, 0.3) is 16.9 Å². The lowest BCUT2D eigenvalue weighted by atomic mass is 10.1. The summed E-state index contributed by atoms with van der Waals surface area (Å²) in [4.78, 5) is 20.1. The molecule has 0 aliphatic rings. The Bertz CT molecular complexity index is 848. The first-order valence-electron chi connectivity index (χ1n) is 7.72. The van der Waals surface area contributed by atoms with Crippen molar-refractivity contribution in [2.24, 2.45) is 0 Å². The molecular weight excluding hydrogens is 276 g/mol. The van der Waals surface area contributed by atoms with Gasteiger partial charge in [-0.1, -0.05) is 51.1 Å². The highest BCUT2D eigenvalue weighted by Gasteiger charge is 2.19. The molecule has 5 heteroatoms. The molecule has 0 aliphatic carbocycles. The van der Waals surface area contributed by atoms with E-state index in [0.29, 0.717) is 11.3 Å². The predicted octanol–water partition coefficient (Wildman–Crippen LogP) is 3.16. The molecule has 1 atom stereocenters. The van der Waals surface area contributed by atoms with Crippen molar-refractivity contribution in [3.05, 3.63) is 52.2 Å². The molecule has 0 spiro atoms. The zero-order valence-electron chi connectivity index (χ0n) is 13.1. The average molecular weight is 296 g/mol. The molecule has 3 aromatic rings. The number of nitrogens with zero attached hydrogens (tertiary/aromatic N) is 3. The van der Waals surface area contributed by atoms with Gasteiger partial charge in [-0.05, 0) is 12.8 Å². The van der Waals surface area contributed by atoms with Crippen LogP contribution in [0.3, 0.4) is 0 Å². The number of H-pyrrole nitrogens is 1. The standard InChI is InChI=1S/C17H20N4O/c1-4-11(3)16-18-13(5-2)14-17(22)19-15(20-21(14)16)12-9-7-6-8-10-12/h6-11H,4-5H2,1-3H3,(H,19,20,22). The lowest BCUT2D eigenvalue weighted by molar-refractivity contribution is 0.649. The minimum absolute atomic E-state index is 0.132. The Hall–Kier alpha value is -2.43. The van der Waals surface area contributed by atoms with Crippen LogP contribution in [0.1, 0.15) is 44.6 Å². The van der Waals surface area contributed by atoms with E-state index in [1.165, 1.54) is 0 Å². The average Bonchev–Trinajstić information content (AvgIpc) is 2.94. The van der Waals surface area contributed by atoms with E-state index in [0.717, 1.165) is 29.9 Å². The smallest absolute Gasteiger partial charge is 0.277 e. The second-order valence-electron chi connectivity index (χ2n) is 5.51. The minimum Gasteiger partial charge on any atom is -0.303 e. The van der Waals surface area contributed by atoms with Gasteiger partial charge in [-0.3, -0.25) is 4.79 Å². The number of nitrogens with one attached hydrogen (secondary N) is 1. The number of aromatic nitrogens is 4. The fourth-order valence-electron chi connectivity index (χ4n) is 2.57. The molecule has 1 N–H and O–H groups in total. The van der Waals surface area contributed by atoms with E-state index in [9.17, 15) is 4.79 Å². The summed E-state index contributed by atoms with van der Waals surface area (Å²) in [5.74, 6) is 1.69. The largest absolute Gasteiger partial charge is 0.303 e. The Morgan fingerprint density at radius 2 is 1.95 bits per heavy atom. The SMILES string of the molecule is CCc1nc(C(C)CC)n2nc(-c3ccccc3)[nH]c(=O)c12. The van der Waals surface area contributed by atoms with E-state index in [-0.39, 0.29) is 11.5 Å². The Balaban J connectivity index is 2.30. The third-order valence-electron chi connectivity index (χ3n) is 4.03. The first kappa shape index (κ1) is 14.5. The van der Waals surface area contributed by atoms with Gasteiger partial charge in [0, 0.05) is 11.5 Å². The van der Waals surface area contributed by atoms with E-state index >= 15 is 0 Å². The second kappa shape index (κ2) is 5.75. The zero-order valence-corrected chi connectivity index (χ0v) is 13.1. The molecule has 0 radical (unpaired) electrons. The summed E-state index contributed by atoms with van der Waals surface area (Å²) in [6.07, 6.45) is 1.67. The number of fused-ring (bicyclic) bond motifs is 1. The highest BCUT2D eigenvalue weighted by Crippen LogP contribution is 2.21. The monoisotopic (exact) mass is 296 g/mol. The van der Waals surface area contributed by atoms with Crippen LogP contribution in [0.4, 0.5) is 0 Å².